The van der Waals surface area contributed by atoms with Crippen molar-refractivity contribution in [2.24, 2.45) is 0 Å². The molecule has 1 fully saturated rings. The third kappa shape index (κ3) is 4.57. The van der Waals surface area contributed by atoms with Crippen molar-refractivity contribution in [1.29, 1.82) is 0 Å². The summed E-state index contributed by atoms with van der Waals surface area (Å²) in [7, 11) is 0. The second-order valence-corrected chi connectivity index (χ2v) is 5.36. The fourth-order valence-corrected chi connectivity index (χ4v) is 2.02. The van der Waals surface area contributed by atoms with E-state index in [0.29, 0.717) is 17.1 Å². The maximum Gasteiger partial charge on any atom is 0.338 e. The summed E-state index contributed by atoms with van der Waals surface area (Å²) in [6, 6.07) is 16.2. The molecule has 2 aromatic carbocycles. The second kappa shape index (κ2) is 6.96. The van der Waals surface area contributed by atoms with Crippen molar-refractivity contribution in [2.75, 3.05) is 6.61 Å². The van der Waals surface area contributed by atoms with Gasteiger partial charge in [-0.05, 0) is 43.2 Å². The largest absolute Gasteiger partial charge is 0.457 e. The van der Waals surface area contributed by atoms with Gasteiger partial charge in [-0.1, -0.05) is 24.3 Å². The second-order valence-electron chi connectivity index (χ2n) is 5.36. The standard InChI is InChI=1S/C18H17NO4/c20-17(19-14-9-10-14)12-22-18(21)13-5-4-8-16(11-13)23-15-6-2-1-3-7-15/h1-8,11,14H,9-10,12H2,(H,19,20). The molecule has 0 heterocycles. The summed E-state index contributed by atoms with van der Waals surface area (Å²) in [4.78, 5) is 23.5. The van der Waals surface area contributed by atoms with E-state index in [0.717, 1.165) is 12.8 Å². The minimum atomic E-state index is -0.547. The summed E-state index contributed by atoms with van der Waals surface area (Å²) in [5.41, 5.74) is 0.345. The van der Waals surface area contributed by atoms with Crippen molar-refractivity contribution in [3.05, 3.63) is 60.2 Å². The van der Waals surface area contributed by atoms with Crippen LogP contribution < -0.4 is 10.1 Å². The number of esters is 1. The Bertz CT molecular complexity index is 695. The van der Waals surface area contributed by atoms with Gasteiger partial charge >= 0.3 is 5.97 Å². The molecule has 3 rings (SSSR count). The number of ether oxygens (including phenoxy) is 2. The topological polar surface area (TPSA) is 64.6 Å². The fraction of sp³-hybridized carbons (Fsp3) is 0.222. The summed E-state index contributed by atoms with van der Waals surface area (Å²) in [6.07, 6.45) is 2.00. The van der Waals surface area contributed by atoms with Gasteiger partial charge in [0.1, 0.15) is 11.5 Å². The lowest BCUT2D eigenvalue weighted by Crippen LogP contribution is -2.30. The molecule has 1 aliphatic rings. The Kier molecular flexibility index (Phi) is 4.57. The van der Waals surface area contributed by atoms with Gasteiger partial charge in [0.05, 0.1) is 5.56 Å². The molecule has 23 heavy (non-hydrogen) atoms. The van der Waals surface area contributed by atoms with Gasteiger partial charge in [-0.2, -0.15) is 0 Å². The Morgan fingerprint density at radius 1 is 1.00 bits per heavy atom. The lowest BCUT2D eigenvalue weighted by molar-refractivity contribution is -0.124. The maximum absolute atomic E-state index is 12.0. The van der Waals surface area contributed by atoms with E-state index < -0.39 is 5.97 Å². The Balaban J connectivity index is 1.57. The Morgan fingerprint density at radius 2 is 1.74 bits per heavy atom. The molecule has 1 amide bonds. The Morgan fingerprint density at radius 3 is 2.48 bits per heavy atom. The van der Waals surface area contributed by atoms with Gasteiger partial charge in [-0.15, -0.1) is 0 Å². The van der Waals surface area contributed by atoms with E-state index in [1.165, 1.54) is 0 Å². The van der Waals surface area contributed by atoms with Crippen LogP contribution in [0.5, 0.6) is 11.5 Å². The molecule has 1 aliphatic carbocycles. The highest BCUT2D eigenvalue weighted by molar-refractivity contribution is 5.91. The summed E-state index contributed by atoms with van der Waals surface area (Å²) >= 11 is 0. The minimum absolute atomic E-state index is 0.254. The molecule has 0 unspecified atom stereocenters. The monoisotopic (exact) mass is 311 g/mol. The maximum atomic E-state index is 12.0. The fourth-order valence-electron chi connectivity index (χ4n) is 2.02. The van der Waals surface area contributed by atoms with E-state index in [9.17, 15) is 9.59 Å². The molecule has 0 aliphatic heterocycles. The van der Waals surface area contributed by atoms with E-state index in [4.69, 9.17) is 9.47 Å². The van der Waals surface area contributed by atoms with Crippen LogP contribution in [0.15, 0.2) is 54.6 Å². The lowest BCUT2D eigenvalue weighted by Gasteiger charge is -2.08. The van der Waals surface area contributed by atoms with Crippen molar-refractivity contribution in [3.63, 3.8) is 0 Å². The van der Waals surface area contributed by atoms with E-state index in [1.54, 1.807) is 24.3 Å². The molecular formula is C18H17NO4. The average molecular weight is 311 g/mol. The Labute approximate surface area is 134 Å². The highest BCUT2D eigenvalue weighted by Gasteiger charge is 2.23. The average Bonchev–Trinajstić information content (AvgIpc) is 3.38. The number of carbonyl (C=O) groups excluding carboxylic acids is 2. The molecule has 0 radical (unpaired) electrons. The molecule has 0 saturated heterocycles. The molecular weight excluding hydrogens is 294 g/mol. The normalized spacial score (nSPS) is 13.2. The first kappa shape index (κ1) is 15.1. The molecule has 0 spiro atoms. The van der Waals surface area contributed by atoms with Gasteiger partial charge < -0.3 is 14.8 Å². The molecule has 0 bridgehead atoms. The van der Waals surface area contributed by atoms with Crippen LogP contribution >= 0.6 is 0 Å². The van der Waals surface area contributed by atoms with Crippen LogP contribution in [0.2, 0.25) is 0 Å². The molecule has 2 aromatic rings. The van der Waals surface area contributed by atoms with Gasteiger partial charge in [-0.25, -0.2) is 4.79 Å². The van der Waals surface area contributed by atoms with Crippen LogP contribution in [0.3, 0.4) is 0 Å². The number of nitrogens with one attached hydrogen (secondary N) is 1. The number of carbonyl (C=O) groups is 2. The third-order valence-corrected chi connectivity index (χ3v) is 3.33. The number of amides is 1. The predicted octanol–water partition coefficient (Wildman–Crippen LogP) is 2.91. The van der Waals surface area contributed by atoms with Crippen molar-refractivity contribution >= 4 is 11.9 Å². The van der Waals surface area contributed by atoms with Crippen LogP contribution in [0.25, 0.3) is 0 Å². The SMILES string of the molecule is O=C(COC(=O)c1cccc(Oc2ccccc2)c1)NC1CC1. The first-order valence-electron chi connectivity index (χ1n) is 7.50. The molecule has 1 N–H and O–H groups in total. The molecule has 5 nitrogen and oxygen atoms in total. The summed E-state index contributed by atoms with van der Waals surface area (Å²) in [6.45, 7) is -0.265. The van der Waals surface area contributed by atoms with Crippen LogP contribution in [-0.4, -0.2) is 24.5 Å². The van der Waals surface area contributed by atoms with Gasteiger partial charge in [0.15, 0.2) is 6.61 Å². The summed E-state index contributed by atoms with van der Waals surface area (Å²) < 4.78 is 10.7. The number of rotatable bonds is 6. The smallest absolute Gasteiger partial charge is 0.338 e. The van der Waals surface area contributed by atoms with E-state index >= 15 is 0 Å². The summed E-state index contributed by atoms with van der Waals surface area (Å²) in [5.74, 6) is 0.405. The number of hydrogen-bond donors (Lipinski definition) is 1. The molecule has 1 saturated carbocycles. The lowest BCUT2D eigenvalue weighted by atomic mass is 10.2. The third-order valence-electron chi connectivity index (χ3n) is 3.33. The van der Waals surface area contributed by atoms with E-state index in [2.05, 4.69) is 5.32 Å². The molecule has 5 heteroatoms. The molecule has 118 valence electrons. The zero-order valence-electron chi connectivity index (χ0n) is 12.5. The van der Waals surface area contributed by atoms with Gasteiger partial charge in [0.2, 0.25) is 0 Å². The number of benzene rings is 2. The summed E-state index contributed by atoms with van der Waals surface area (Å²) in [5, 5.41) is 2.76. The molecule has 0 atom stereocenters. The van der Waals surface area contributed by atoms with Gasteiger partial charge in [0.25, 0.3) is 5.91 Å². The van der Waals surface area contributed by atoms with Gasteiger partial charge in [0, 0.05) is 6.04 Å². The van der Waals surface area contributed by atoms with Crippen molar-refractivity contribution in [1.82, 2.24) is 5.32 Å². The highest BCUT2D eigenvalue weighted by atomic mass is 16.5. The first-order valence-corrected chi connectivity index (χ1v) is 7.50. The van der Waals surface area contributed by atoms with E-state index in [-0.39, 0.29) is 18.6 Å². The number of hydrogen-bond acceptors (Lipinski definition) is 4. The van der Waals surface area contributed by atoms with Crippen molar-refractivity contribution in [2.45, 2.75) is 18.9 Å². The quantitative estimate of drug-likeness (QED) is 0.833. The highest BCUT2D eigenvalue weighted by Crippen LogP contribution is 2.22. The van der Waals surface area contributed by atoms with Crippen molar-refractivity contribution in [3.8, 4) is 11.5 Å². The zero-order valence-corrected chi connectivity index (χ0v) is 12.5. The zero-order chi connectivity index (χ0) is 16.1. The first-order chi connectivity index (χ1) is 11.2. The van der Waals surface area contributed by atoms with Gasteiger partial charge in [-0.3, -0.25) is 4.79 Å². The van der Waals surface area contributed by atoms with E-state index in [1.807, 2.05) is 30.3 Å². The van der Waals surface area contributed by atoms with Crippen LogP contribution in [0, 0.1) is 0 Å². The Hall–Kier alpha value is -2.82. The predicted molar refractivity (Wildman–Crippen MR) is 84.4 cm³/mol. The van der Waals surface area contributed by atoms with Crippen LogP contribution in [0.4, 0.5) is 0 Å². The molecule has 0 aromatic heterocycles. The number of para-hydroxylation sites is 1. The van der Waals surface area contributed by atoms with Crippen LogP contribution in [-0.2, 0) is 9.53 Å². The minimum Gasteiger partial charge on any atom is -0.457 e. The van der Waals surface area contributed by atoms with Crippen molar-refractivity contribution < 1.29 is 19.1 Å². The van der Waals surface area contributed by atoms with Crippen LogP contribution in [0.1, 0.15) is 23.2 Å².